The van der Waals surface area contributed by atoms with Crippen LogP contribution in [0.2, 0.25) is 0 Å². The predicted octanol–water partition coefficient (Wildman–Crippen LogP) is 0.881. The smallest absolute Gasteiger partial charge is 0.313 e. The fourth-order valence-corrected chi connectivity index (χ4v) is 1.51. The van der Waals surface area contributed by atoms with Crippen molar-refractivity contribution >= 4 is 29.5 Å². The van der Waals surface area contributed by atoms with Gasteiger partial charge in [-0.3, -0.25) is 4.79 Å². The van der Waals surface area contributed by atoms with Crippen molar-refractivity contribution in [3.05, 3.63) is 12.3 Å². The van der Waals surface area contributed by atoms with Crippen molar-refractivity contribution in [3.8, 4) is 0 Å². The maximum absolute atomic E-state index is 11.3. The molecule has 0 fully saturated rings. The third kappa shape index (κ3) is 4.16. The van der Waals surface area contributed by atoms with Gasteiger partial charge in [-0.2, -0.15) is 16.8 Å². The van der Waals surface area contributed by atoms with Crippen molar-refractivity contribution in [1.29, 1.82) is 0 Å². The summed E-state index contributed by atoms with van der Waals surface area (Å²) in [6.45, 7) is 5.59. The first-order chi connectivity index (χ1) is 7.11. The molecule has 0 spiro atoms. The van der Waals surface area contributed by atoms with Crippen molar-refractivity contribution in [1.82, 2.24) is 10.6 Å². The number of amides is 3. The van der Waals surface area contributed by atoms with Gasteiger partial charge in [0.25, 0.3) is 0 Å². The Kier molecular flexibility index (Phi) is 4.36. The molecule has 0 aliphatic carbocycles. The Hall–Kier alpha value is -1.30. The molecule has 0 aromatic heterocycles. The molecule has 0 aromatic carbocycles. The second-order valence-corrected chi connectivity index (χ2v) is 4.23. The number of nitrogens with one attached hydrogen (secondary N) is 2. The summed E-state index contributed by atoms with van der Waals surface area (Å²) in [5.41, 5.74) is 0.549. The lowest BCUT2D eigenvalue weighted by Gasteiger charge is -2.15. The summed E-state index contributed by atoms with van der Waals surface area (Å²) in [6.07, 6.45) is 0.383. The van der Waals surface area contributed by atoms with Crippen LogP contribution in [0.1, 0.15) is 13.3 Å². The molecule has 6 heteroatoms. The number of hydrogen-bond acceptors (Lipinski definition) is 3. The van der Waals surface area contributed by atoms with Crippen molar-refractivity contribution < 1.29 is 9.59 Å². The Balaban J connectivity index is 2.47. The molecular weight excluding hydrogens is 214 g/mol. The Bertz CT molecular complexity index is 325. The number of thioether (sulfide) groups is 1. The average molecular weight is 227 g/mol. The van der Waals surface area contributed by atoms with Gasteiger partial charge in [-0.1, -0.05) is 13.5 Å². The standard InChI is InChI=1S/C9H13N3O2S/c1-3-15-5-8(13)11-7-4-6(2)10-9(14)12-7/h2-5H2,1H3,(H2,10,11,12,13,14). The zero-order chi connectivity index (χ0) is 11.3. The number of urea groups is 1. The summed E-state index contributed by atoms with van der Waals surface area (Å²) >= 11 is 1.52. The number of hydrogen-bond donors (Lipinski definition) is 2. The Morgan fingerprint density at radius 2 is 2.47 bits per heavy atom. The molecule has 0 aromatic rings. The van der Waals surface area contributed by atoms with Crippen LogP contribution in [0.15, 0.2) is 17.3 Å². The fraction of sp³-hybridized carbons (Fsp3) is 0.444. The first kappa shape index (κ1) is 11.8. The van der Waals surface area contributed by atoms with E-state index in [0.717, 1.165) is 5.75 Å². The van der Waals surface area contributed by atoms with Gasteiger partial charge in [0.2, 0.25) is 5.91 Å². The highest BCUT2D eigenvalue weighted by atomic mass is 32.2. The zero-order valence-corrected chi connectivity index (χ0v) is 9.32. The molecule has 1 rings (SSSR count). The summed E-state index contributed by atoms with van der Waals surface area (Å²) in [4.78, 5) is 25.9. The lowest BCUT2D eigenvalue weighted by atomic mass is 10.3. The molecule has 0 bridgehead atoms. The summed E-state index contributed by atoms with van der Waals surface area (Å²) in [7, 11) is 0. The lowest BCUT2D eigenvalue weighted by molar-refractivity contribution is -0.117. The number of amidine groups is 1. The number of nitrogens with zero attached hydrogens (tertiary/aromatic N) is 1. The zero-order valence-electron chi connectivity index (χ0n) is 8.50. The van der Waals surface area contributed by atoms with E-state index in [1.54, 1.807) is 0 Å². The number of aliphatic imine (C=N–C) groups is 1. The first-order valence-electron chi connectivity index (χ1n) is 4.55. The van der Waals surface area contributed by atoms with Crippen LogP contribution in [-0.2, 0) is 4.79 Å². The van der Waals surface area contributed by atoms with E-state index in [-0.39, 0.29) is 5.91 Å². The molecule has 82 valence electrons. The van der Waals surface area contributed by atoms with Gasteiger partial charge in [-0.15, -0.1) is 0 Å². The maximum Gasteiger partial charge on any atom is 0.346 e. The van der Waals surface area contributed by atoms with E-state index in [9.17, 15) is 9.59 Å². The van der Waals surface area contributed by atoms with Crippen LogP contribution in [0.4, 0.5) is 4.79 Å². The van der Waals surface area contributed by atoms with Crippen LogP contribution in [0.5, 0.6) is 0 Å². The monoisotopic (exact) mass is 227 g/mol. The van der Waals surface area contributed by atoms with E-state index in [1.807, 2.05) is 6.92 Å². The Morgan fingerprint density at radius 3 is 3.07 bits per heavy atom. The van der Waals surface area contributed by atoms with Crippen LogP contribution in [-0.4, -0.2) is 29.3 Å². The van der Waals surface area contributed by atoms with Gasteiger partial charge in [-0.25, -0.2) is 4.79 Å². The third-order valence-electron chi connectivity index (χ3n) is 1.62. The highest BCUT2D eigenvalue weighted by Crippen LogP contribution is 2.03. The number of carbonyl (C=O) groups is 2. The highest BCUT2D eigenvalue weighted by molar-refractivity contribution is 7.99. The van der Waals surface area contributed by atoms with Crippen LogP contribution in [0.25, 0.3) is 0 Å². The molecule has 1 aliphatic heterocycles. The minimum absolute atomic E-state index is 0.136. The van der Waals surface area contributed by atoms with Gasteiger partial charge in [0.1, 0.15) is 5.84 Å². The minimum Gasteiger partial charge on any atom is -0.313 e. The van der Waals surface area contributed by atoms with E-state index in [1.165, 1.54) is 11.8 Å². The highest BCUT2D eigenvalue weighted by Gasteiger charge is 2.15. The molecule has 0 atom stereocenters. The van der Waals surface area contributed by atoms with Crippen molar-refractivity contribution in [2.24, 2.45) is 4.99 Å². The molecule has 1 aliphatic rings. The minimum atomic E-state index is -0.482. The van der Waals surface area contributed by atoms with Gasteiger partial charge >= 0.3 is 6.03 Å². The third-order valence-corrected chi connectivity index (χ3v) is 2.50. The van der Waals surface area contributed by atoms with Gasteiger partial charge < -0.3 is 10.6 Å². The van der Waals surface area contributed by atoms with Crippen molar-refractivity contribution in [2.45, 2.75) is 13.3 Å². The number of carbonyl (C=O) groups excluding carboxylic acids is 2. The first-order valence-corrected chi connectivity index (χ1v) is 5.71. The van der Waals surface area contributed by atoms with Crippen molar-refractivity contribution in [3.63, 3.8) is 0 Å². The van der Waals surface area contributed by atoms with Crippen LogP contribution in [0, 0.1) is 0 Å². The SMILES string of the molecule is C=C1CC(NC(=O)CSCC)=NC(=O)N1. The van der Waals surface area contributed by atoms with Crippen LogP contribution >= 0.6 is 11.8 Å². The molecule has 5 nitrogen and oxygen atoms in total. The average Bonchev–Trinajstić information content (AvgIpc) is 2.13. The predicted molar refractivity (Wildman–Crippen MR) is 60.9 cm³/mol. The lowest BCUT2D eigenvalue weighted by Crippen LogP contribution is -2.38. The van der Waals surface area contributed by atoms with E-state index in [4.69, 9.17) is 0 Å². The maximum atomic E-state index is 11.3. The normalized spacial score (nSPS) is 15.7. The number of rotatable bonds is 3. The van der Waals surface area contributed by atoms with E-state index in [0.29, 0.717) is 23.7 Å². The van der Waals surface area contributed by atoms with Crippen LogP contribution < -0.4 is 10.6 Å². The van der Waals surface area contributed by atoms with Gasteiger partial charge in [0.15, 0.2) is 0 Å². The molecule has 15 heavy (non-hydrogen) atoms. The van der Waals surface area contributed by atoms with Gasteiger partial charge in [-0.05, 0) is 5.75 Å². The largest absolute Gasteiger partial charge is 0.346 e. The molecule has 0 radical (unpaired) electrons. The molecule has 3 amide bonds. The summed E-state index contributed by atoms with van der Waals surface area (Å²) in [5, 5.41) is 5.03. The molecule has 0 saturated heterocycles. The second-order valence-electron chi connectivity index (χ2n) is 2.95. The topological polar surface area (TPSA) is 70.6 Å². The van der Waals surface area contributed by atoms with E-state index >= 15 is 0 Å². The molecule has 1 heterocycles. The van der Waals surface area contributed by atoms with Crippen LogP contribution in [0.3, 0.4) is 0 Å². The molecule has 2 N–H and O–H groups in total. The van der Waals surface area contributed by atoms with E-state index < -0.39 is 6.03 Å². The molecular formula is C9H13N3O2S. The second kappa shape index (κ2) is 5.55. The fourth-order valence-electron chi connectivity index (χ4n) is 1.05. The molecule has 0 unspecified atom stereocenters. The molecule has 0 saturated carbocycles. The Labute approximate surface area is 92.4 Å². The van der Waals surface area contributed by atoms with Gasteiger partial charge in [0.05, 0.1) is 5.75 Å². The Morgan fingerprint density at radius 1 is 1.73 bits per heavy atom. The van der Waals surface area contributed by atoms with Gasteiger partial charge in [0, 0.05) is 12.1 Å². The van der Waals surface area contributed by atoms with E-state index in [2.05, 4.69) is 22.2 Å². The van der Waals surface area contributed by atoms with Crippen molar-refractivity contribution in [2.75, 3.05) is 11.5 Å². The summed E-state index contributed by atoms with van der Waals surface area (Å²) < 4.78 is 0. The quantitative estimate of drug-likeness (QED) is 0.752. The summed E-state index contributed by atoms with van der Waals surface area (Å²) in [6, 6.07) is -0.482. The summed E-state index contributed by atoms with van der Waals surface area (Å²) in [5.74, 6) is 1.49.